The van der Waals surface area contributed by atoms with Gasteiger partial charge in [-0.15, -0.1) is 0 Å². The summed E-state index contributed by atoms with van der Waals surface area (Å²) in [5.41, 5.74) is 5.69. The SMILES string of the molecule is COc1c(F)ccc(C(N)CC(=O)O)c1O. The number of nitrogens with two attached hydrogens (primary N) is 1. The molecule has 1 atom stereocenters. The van der Waals surface area contributed by atoms with Gasteiger partial charge in [-0.25, -0.2) is 4.39 Å². The molecule has 1 unspecified atom stereocenters. The van der Waals surface area contributed by atoms with E-state index in [4.69, 9.17) is 10.8 Å². The molecule has 0 saturated carbocycles. The van der Waals surface area contributed by atoms with Gasteiger partial charge in [0.2, 0.25) is 0 Å². The molecule has 0 spiro atoms. The number of carboxylic acids is 1. The number of hydrogen-bond donors (Lipinski definition) is 3. The fourth-order valence-electron chi connectivity index (χ4n) is 1.35. The third-order valence-electron chi connectivity index (χ3n) is 2.11. The molecule has 0 bridgehead atoms. The standard InChI is InChI=1S/C10H12FNO4/c1-16-10-6(11)3-2-5(9(10)15)7(12)4-8(13)14/h2-3,7,15H,4,12H2,1H3,(H,13,14). The van der Waals surface area contributed by atoms with Crippen molar-refractivity contribution in [2.45, 2.75) is 12.5 Å². The van der Waals surface area contributed by atoms with E-state index >= 15 is 0 Å². The van der Waals surface area contributed by atoms with Crippen LogP contribution in [0.5, 0.6) is 11.5 Å². The van der Waals surface area contributed by atoms with Gasteiger partial charge in [0.25, 0.3) is 0 Å². The van der Waals surface area contributed by atoms with Gasteiger partial charge in [-0.1, -0.05) is 6.07 Å². The molecule has 0 saturated heterocycles. The summed E-state index contributed by atoms with van der Waals surface area (Å²) in [5, 5.41) is 18.2. The van der Waals surface area contributed by atoms with Gasteiger partial charge in [-0.2, -0.15) is 0 Å². The van der Waals surface area contributed by atoms with Crippen molar-refractivity contribution in [2.24, 2.45) is 5.73 Å². The quantitative estimate of drug-likeness (QED) is 0.716. The maximum Gasteiger partial charge on any atom is 0.305 e. The number of halogens is 1. The molecule has 0 amide bonds. The van der Waals surface area contributed by atoms with Crippen molar-refractivity contribution >= 4 is 5.97 Å². The highest BCUT2D eigenvalue weighted by atomic mass is 19.1. The number of rotatable bonds is 4. The first kappa shape index (κ1) is 12.3. The first-order valence-corrected chi connectivity index (χ1v) is 4.50. The lowest BCUT2D eigenvalue weighted by Gasteiger charge is -2.14. The lowest BCUT2D eigenvalue weighted by Crippen LogP contribution is -2.15. The van der Waals surface area contributed by atoms with Crippen molar-refractivity contribution in [1.29, 1.82) is 0 Å². The smallest absolute Gasteiger partial charge is 0.305 e. The second kappa shape index (κ2) is 4.80. The summed E-state index contributed by atoms with van der Waals surface area (Å²) in [6, 6.07) is 1.39. The van der Waals surface area contributed by atoms with Crippen LogP contribution in [0.3, 0.4) is 0 Å². The average Bonchev–Trinajstić information content (AvgIpc) is 2.17. The molecule has 5 nitrogen and oxygen atoms in total. The minimum atomic E-state index is -1.10. The highest BCUT2D eigenvalue weighted by Gasteiger charge is 2.19. The van der Waals surface area contributed by atoms with Crippen molar-refractivity contribution in [2.75, 3.05) is 7.11 Å². The molecule has 0 aliphatic rings. The van der Waals surface area contributed by atoms with Crippen LogP contribution in [0.25, 0.3) is 0 Å². The van der Waals surface area contributed by atoms with Gasteiger partial charge >= 0.3 is 5.97 Å². The highest BCUT2D eigenvalue weighted by molar-refractivity contribution is 5.68. The molecule has 6 heteroatoms. The first-order valence-electron chi connectivity index (χ1n) is 4.50. The van der Waals surface area contributed by atoms with E-state index in [9.17, 15) is 14.3 Å². The lowest BCUT2D eigenvalue weighted by atomic mass is 10.0. The van der Waals surface area contributed by atoms with Crippen LogP contribution in [-0.2, 0) is 4.79 Å². The number of hydrogen-bond acceptors (Lipinski definition) is 4. The van der Waals surface area contributed by atoms with Crippen molar-refractivity contribution in [3.8, 4) is 11.5 Å². The van der Waals surface area contributed by atoms with Gasteiger partial charge in [0.1, 0.15) is 0 Å². The zero-order chi connectivity index (χ0) is 12.3. The fraction of sp³-hybridized carbons (Fsp3) is 0.300. The highest BCUT2D eigenvalue weighted by Crippen LogP contribution is 2.35. The molecule has 0 heterocycles. The molecular formula is C10H12FNO4. The van der Waals surface area contributed by atoms with Crippen molar-refractivity contribution in [1.82, 2.24) is 0 Å². The molecule has 88 valence electrons. The van der Waals surface area contributed by atoms with Gasteiger partial charge in [-0.05, 0) is 6.07 Å². The Bertz CT molecular complexity index is 408. The van der Waals surface area contributed by atoms with Gasteiger partial charge in [0.15, 0.2) is 17.3 Å². The monoisotopic (exact) mass is 229 g/mol. The first-order chi connectivity index (χ1) is 7.47. The van der Waals surface area contributed by atoms with Gasteiger partial charge in [-0.3, -0.25) is 4.79 Å². The fourth-order valence-corrected chi connectivity index (χ4v) is 1.35. The molecule has 0 aliphatic carbocycles. The Kier molecular flexibility index (Phi) is 3.68. The summed E-state index contributed by atoms with van der Waals surface area (Å²) in [4.78, 5) is 10.4. The maximum absolute atomic E-state index is 13.1. The normalized spacial score (nSPS) is 12.2. The lowest BCUT2D eigenvalue weighted by molar-refractivity contribution is -0.137. The number of ether oxygens (including phenoxy) is 1. The number of carboxylic acid groups (broad SMARTS) is 1. The summed E-state index contributed by atoms with van der Waals surface area (Å²) in [6.07, 6.45) is -0.359. The van der Waals surface area contributed by atoms with E-state index in [0.717, 1.165) is 6.07 Å². The average molecular weight is 229 g/mol. The molecule has 0 aromatic heterocycles. The number of aromatic hydroxyl groups is 1. The molecule has 16 heavy (non-hydrogen) atoms. The third-order valence-corrected chi connectivity index (χ3v) is 2.11. The summed E-state index contributed by atoms with van der Waals surface area (Å²) in [7, 11) is 1.20. The van der Waals surface area contributed by atoms with E-state index in [1.807, 2.05) is 0 Å². The Morgan fingerprint density at radius 1 is 1.62 bits per heavy atom. The second-order valence-corrected chi connectivity index (χ2v) is 3.22. The molecule has 1 aromatic rings. The Morgan fingerprint density at radius 3 is 2.75 bits per heavy atom. The van der Waals surface area contributed by atoms with Crippen molar-refractivity contribution in [3.05, 3.63) is 23.5 Å². The van der Waals surface area contributed by atoms with E-state index in [2.05, 4.69) is 4.74 Å². The van der Waals surface area contributed by atoms with Crippen LogP contribution in [0.4, 0.5) is 4.39 Å². The van der Waals surface area contributed by atoms with E-state index in [1.54, 1.807) is 0 Å². The minimum Gasteiger partial charge on any atom is -0.504 e. The van der Waals surface area contributed by atoms with Crippen LogP contribution >= 0.6 is 0 Å². The Hall–Kier alpha value is -1.82. The van der Waals surface area contributed by atoms with E-state index in [-0.39, 0.29) is 17.7 Å². The van der Waals surface area contributed by atoms with E-state index < -0.39 is 23.6 Å². The molecule has 1 aromatic carbocycles. The number of aliphatic carboxylic acids is 1. The maximum atomic E-state index is 13.1. The predicted molar refractivity (Wildman–Crippen MR) is 53.8 cm³/mol. The molecule has 4 N–H and O–H groups in total. The molecule has 0 radical (unpaired) electrons. The summed E-state index contributed by atoms with van der Waals surface area (Å²) in [6.45, 7) is 0. The summed E-state index contributed by atoms with van der Waals surface area (Å²) in [5.74, 6) is -2.63. The molecular weight excluding hydrogens is 217 g/mol. The zero-order valence-electron chi connectivity index (χ0n) is 8.61. The van der Waals surface area contributed by atoms with Crippen LogP contribution in [0.2, 0.25) is 0 Å². The Morgan fingerprint density at radius 2 is 2.25 bits per heavy atom. The van der Waals surface area contributed by atoms with Crippen LogP contribution < -0.4 is 10.5 Å². The van der Waals surface area contributed by atoms with Crippen molar-refractivity contribution in [3.63, 3.8) is 0 Å². The number of phenolic OH excluding ortho intramolecular Hbond substituents is 1. The van der Waals surface area contributed by atoms with Crippen LogP contribution in [0.1, 0.15) is 18.0 Å². The van der Waals surface area contributed by atoms with Gasteiger partial charge in [0.05, 0.1) is 13.5 Å². The topological polar surface area (TPSA) is 92.8 Å². The second-order valence-electron chi connectivity index (χ2n) is 3.22. The largest absolute Gasteiger partial charge is 0.504 e. The minimum absolute atomic E-state index is 0.139. The van der Waals surface area contributed by atoms with Crippen LogP contribution in [0, 0.1) is 5.82 Å². The van der Waals surface area contributed by atoms with Gasteiger partial charge < -0.3 is 20.7 Å². The number of benzene rings is 1. The predicted octanol–water partition coefficient (Wildman–Crippen LogP) is 1.01. The third kappa shape index (κ3) is 2.40. The van der Waals surface area contributed by atoms with Crippen LogP contribution in [0.15, 0.2) is 12.1 Å². The molecule has 0 fully saturated rings. The number of methoxy groups -OCH3 is 1. The summed E-state index contributed by atoms with van der Waals surface area (Å²) >= 11 is 0. The van der Waals surface area contributed by atoms with Crippen LogP contribution in [-0.4, -0.2) is 23.3 Å². The van der Waals surface area contributed by atoms with E-state index in [0.29, 0.717) is 0 Å². The Balaban J connectivity index is 3.10. The Labute approximate surface area is 91.3 Å². The molecule has 0 aliphatic heterocycles. The van der Waals surface area contributed by atoms with E-state index in [1.165, 1.54) is 13.2 Å². The number of carbonyl (C=O) groups is 1. The molecule has 1 rings (SSSR count). The zero-order valence-corrected chi connectivity index (χ0v) is 8.61. The summed E-state index contributed by atoms with van der Waals surface area (Å²) < 4.78 is 17.8. The van der Waals surface area contributed by atoms with Crippen molar-refractivity contribution < 1.29 is 24.1 Å². The number of phenols is 1. The van der Waals surface area contributed by atoms with Gasteiger partial charge in [0, 0.05) is 11.6 Å².